The number of ether oxygens (including phenoxy) is 3. The summed E-state index contributed by atoms with van der Waals surface area (Å²) in [6, 6.07) is 14.6. The summed E-state index contributed by atoms with van der Waals surface area (Å²) in [7, 11) is 1.37. The minimum absolute atomic E-state index is 0.393. The molecule has 8 nitrogen and oxygen atoms in total. The van der Waals surface area contributed by atoms with Gasteiger partial charge in [-0.2, -0.15) is 0 Å². The molecule has 8 heteroatoms. The van der Waals surface area contributed by atoms with Crippen molar-refractivity contribution in [2.45, 2.75) is 19.4 Å². The first-order chi connectivity index (χ1) is 14.0. The minimum Gasteiger partial charge on any atom is -0.490 e. The number of benzene rings is 2. The maximum absolute atomic E-state index is 12.4. The van der Waals surface area contributed by atoms with Gasteiger partial charge in [0.05, 0.1) is 6.61 Å². The van der Waals surface area contributed by atoms with Gasteiger partial charge in [0.25, 0.3) is 5.91 Å². The summed E-state index contributed by atoms with van der Waals surface area (Å²) in [5.41, 5.74) is 0.425. The number of hydrogen-bond donors (Lipinski definition) is 2. The molecule has 2 aromatic rings. The summed E-state index contributed by atoms with van der Waals surface area (Å²) >= 11 is 0. The standard InChI is InChI=1S/C21H24N2O6/c1-3-13-27-16-11-7-8-12-17(16)28-14-18(24)29-19(15-9-5-4-6-10-15)20(25)23-21(26)22-2/h4-12,19H,3,13-14H2,1-2H3,(H2,22,23,25,26)/t19-/m1/s1. The molecule has 0 aliphatic heterocycles. The Hall–Kier alpha value is -3.55. The van der Waals surface area contributed by atoms with Crippen LogP contribution in [0.15, 0.2) is 54.6 Å². The largest absolute Gasteiger partial charge is 0.490 e. The Kier molecular flexibility index (Phi) is 8.50. The monoisotopic (exact) mass is 400 g/mol. The van der Waals surface area contributed by atoms with Crippen LogP contribution in [0.25, 0.3) is 0 Å². The molecule has 2 rings (SSSR count). The molecule has 0 saturated heterocycles. The van der Waals surface area contributed by atoms with E-state index in [2.05, 4.69) is 10.6 Å². The zero-order valence-corrected chi connectivity index (χ0v) is 16.3. The Bertz CT molecular complexity index is 825. The maximum atomic E-state index is 12.4. The molecule has 0 aromatic heterocycles. The first kappa shape index (κ1) is 21.7. The van der Waals surface area contributed by atoms with Gasteiger partial charge in [-0.15, -0.1) is 0 Å². The third kappa shape index (κ3) is 6.84. The first-order valence-electron chi connectivity index (χ1n) is 9.16. The normalized spacial score (nSPS) is 11.1. The highest BCUT2D eigenvalue weighted by Crippen LogP contribution is 2.26. The van der Waals surface area contributed by atoms with Crippen molar-refractivity contribution in [3.8, 4) is 11.5 Å². The molecule has 3 amide bonds. The Labute approximate surface area is 169 Å². The lowest BCUT2D eigenvalue weighted by Gasteiger charge is -2.18. The number of rotatable bonds is 9. The molecule has 0 heterocycles. The fraction of sp³-hybridized carbons (Fsp3) is 0.286. The highest BCUT2D eigenvalue weighted by molar-refractivity contribution is 5.97. The fourth-order valence-electron chi connectivity index (χ4n) is 2.34. The topological polar surface area (TPSA) is 103 Å². The quantitative estimate of drug-likeness (QED) is 0.627. The van der Waals surface area contributed by atoms with Gasteiger partial charge >= 0.3 is 12.0 Å². The molecule has 29 heavy (non-hydrogen) atoms. The number of hydrogen-bond acceptors (Lipinski definition) is 6. The highest BCUT2D eigenvalue weighted by Gasteiger charge is 2.26. The van der Waals surface area contributed by atoms with E-state index in [4.69, 9.17) is 14.2 Å². The lowest BCUT2D eigenvalue weighted by atomic mass is 10.1. The van der Waals surface area contributed by atoms with Gasteiger partial charge in [0, 0.05) is 12.6 Å². The SMILES string of the molecule is CCCOc1ccccc1OCC(=O)O[C@@H](C(=O)NC(=O)NC)c1ccccc1. The molecule has 2 N–H and O–H groups in total. The Morgan fingerprint density at radius 2 is 1.55 bits per heavy atom. The Morgan fingerprint density at radius 3 is 2.17 bits per heavy atom. The molecular weight excluding hydrogens is 376 g/mol. The van der Waals surface area contributed by atoms with Crippen molar-refractivity contribution in [2.75, 3.05) is 20.3 Å². The molecule has 2 aromatic carbocycles. The lowest BCUT2D eigenvalue weighted by Crippen LogP contribution is -2.41. The van der Waals surface area contributed by atoms with E-state index in [1.807, 2.05) is 6.92 Å². The molecule has 0 unspecified atom stereocenters. The van der Waals surface area contributed by atoms with Gasteiger partial charge in [-0.05, 0) is 18.6 Å². The van der Waals surface area contributed by atoms with E-state index in [-0.39, 0.29) is 0 Å². The number of urea groups is 1. The Balaban J connectivity index is 2.05. The van der Waals surface area contributed by atoms with Crippen LogP contribution in [0, 0.1) is 0 Å². The van der Waals surface area contributed by atoms with E-state index < -0.39 is 30.6 Å². The first-order valence-corrected chi connectivity index (χ1v) is 9.16. The van der Waals surface area contributed by atoms with E-state index in [1.165, 1.54) is 7.05 Å². The van der Waals surface area contributed by atoms with E-state index in [0.29, 0.717) is 23.7 Å². The number of amides is 3. The smallest absolute Gasteiger partial charge is 0.345 e. The second-order valence-electron chi connectivity index (χ2n) is 5.93. The van der Waals surface area contributed by atoms with Crippen LogP contribution in [0.1, 0.15) is 25.0 Å². The minimum atomic E-state index is -1.30. The van der Waals surface area contributed by atoms with Crippen molar-refractivity contribution in [3.63, 3.8) is 0 Å². The van der Waals surface area contributed by atoms with E-state index in [1.54, 1.807) is 54.6 Å². The third-order valence-electron chi connectivity index (χ3n) is 3.71. The average Bonchev–Trinajstić information content (AvgIpc) is 2.75. The molecule has 0 spiro atoms. The van der Waals surface area contributed by atoms with E-state index in [9.17, 15) is 14.4 Å². The van der Waals surface area contributed by atoms with Gasteiger partial charge < -0.3 is 19.5 Å². The predicted octanol–water partition coefficient (Wildman–Crippen LogP) is 2.59. The summed E-state index contributed by atoms with van der Waals surface area (Å²) in [6.07, 6.45) is -0.466. The van der Waals surface area contributed by atoms with Crippen molar-refractivity contribution in [3.05, 3.63) is 60.2 Å². The summed E-state index contributed by atoms with van der Waals surface area (Å²) < 4.78 is 16.4. The molecule has 0 bridgehead atoms. The molecular formula is C21H24N2O6. The number of carbonyl (C=O) groups is 3. The van der Waals surface area contributed by atoms with Crippen LogP contribution in [0.3, 0.4) is 0 Å². The second kappa shape index (κ2) is 11.3. The summed E-state index contributed by atoms with van der Waals surface area (Å²) in [5.74, 6) is -0.630. The molecule has 0 radical (unpaired) electrons. The van der Waals surface area contributed by atoms with E-state index in [0.717, 1.165) is 6.42 Å². The molecule has 0 aliphatic carbocycles. The molecule has 0 fully saturated rings. The molecule has 0 saturated carbocycles. The van der Waals surface area contributed by atoms with Gasteiger partial charge in [0.2, 0.25) is 6.10 Å². The van der Waals surface area contributed by atoms with Crippen molar-refractivity contribution >= 4 is 17.9 Å². The Morgan fingerprint density at radius 1 is 0.931 bits per heavy atom. The predicted molar refractivity (Wildman–Crippen MR) is 106 cm³/mol. The summed E-state index contributed by atoms with van der Waals surface area (Å²) in [5, 5.41) is 4.39. The summed E-state index contributed by atoms with van der Waals surface area (Å²) in [4.78, 5) is 36.2. The number of imide groups is 1. The van der Waals surface area contributed by atoms with Crippen molar-refractivity contribution < 1.29 is 28.6 Å². The van der Waals surface area contributed by atoms with Crippen LogP contribution < -0.4 is 20.1 Å². The second-order valence-corrected chi connectivity index (χ2v) is 5.93. The van der Waals surface area contributed by atoms with Crippen molar-refractivity contribution in [1.82, 2.24) is 10.6 Å². The van der Waals surface area contributed by atoms with Crippen LogP contribution in [-0.4, -0.2) is 38.2 Å². The lowest BCUT2D eigenvalue weighted by molar-refractivity contribution is -0.158. The fourth-order valence-corrected chi connectivity index (χ4v) is 2.34. The van der Waals surface area contributed by atoms with Gasteiger partial charge in [0.15, 0.2) is 18.1 Å². The van der Waals surface area contributed by atoms with Gasteiger partial charge in [0.1, 0.15) is 0 Å². The molecule has 0 aliphatic rings. The average molecular weight is 400 g/mol. The molecule has 1 atom stereocenters. The van der Waals surface area contributed by atoms with Gasteiger partial charge in [-0.1, -0.05) is 49.4 Å². The number of nitrogens with one attached hydrogen (secondary N) is 2. The third-order valence-corrected chi connectivity index (χ3v) is 3.71. The van der Waals surface area contributed by atoms with Crippen molar-refractivity contribution in [2.24, 2.45) is 0 Å². The van der Waals surface area contributed by atoms with Crippen LogP contribution in [0.4, 0.5) is 4.79 Å². The van der Waals surface area contributed by atoms with Crippen LogP contribution in [0.5, 0.6) is 11.5 Å². The zero-order valence-electron chi connectivity index (χ0n) is 16.3. The molecule has 154 valence electrons. The number of carbonyl (C=O) groups excluding carboxylic acids is 3. The number of para-hydroxylation sites is 2. The maximum Gasteiger partial charge on any atom is 0.345 e. The van der Waals surface area contributed by atoms with Crippen LogP contribution in [-0.2, 0) is 14.3 Å². The van der Waals surface area contributed by atoms with Gasteiger partial charge in [-0.3, -0.25) is 10.1 Å². The number of esters is 1. The zero-order chi connectivity index (χ0) is 21.1. The summed E-state index contributed by atoms with van der Waals surface area (Å²) in [6.45, 7) is 2.07. The van der Waals surface area contributed by atoms with Gasteiger partial charge in [-0.25, -0.2) is 9.59 Å². The van der Waals surface area contributed by atoms with E-state index >= 15 is 0 Å². The van der Waals surface area contributed by atoms with Crippen LogP contribution >= 0.6 is 0 Å². The van der Waals surface area contributed by atoms with Crippen molar-refractivity contribution in [1.29, 1.82) is 0 Å². The van der Waals surface area contributed by atoms with Crippen LogP contribution in [0.2, 0.25) is 0 Å². The highest BCUT2D eigenvalue weighted by atomic mass is 16.6.